The number of rotatable bonds is 3. The Bertz CT molecular complexity index is 392. The van der Waals surface area contributed by atoms with Gasteiger partial charge in [0.2, 0.25) is 0 Å². The average molecular weight is 253 g/mol. The molecule has 94 valence electrons. The van der Waals surface area contributed by atoms with E-state index in [9.17, 15) is 0 Å². The lowest BCUT2D eigenvalue weighted by Gasteiger charge is -2.27. The molecule has 1 saturated heterocycles. The molecule has 2 nitrogen and oxygen atoms in total. The van der Waals surface area contributed by atoms with Crippen molar-refractivity contribution in [3.63, 3.8) is 0 Å². The Labute approximate surface area is 109 Å². The lowest BCUT2D eigenvalue weighted by atomic mass is 10.1. The van der Waals surface area contributed by atoms with Crippen LogP contribution in [0.2, 0.25) is 5.02 Å². The maximum absolute atomic E-state index is 6.30. The molecular weight excluding hydrogens is 232 g/mol. The Hall–Kier alpha value is -0.730. The van der Waals surface area contributed by atoms with Crippen LogP contribution in [-0.4, -0.2) is 19.6 Å². The molecule has 0 aromatic heterocycles. The monoisotopic (exact) mass is 252 g/mol. The van der Waals surface area contributed by atoms with Gasteiger partial charge in [-0.2, -0.15) is 0 Å². The lowest BCUT2D eigenvalue weighted by molar-refractivity contribution is 0.625. The molecular formula is C14H21ClN2. The highest BCUT2D eigenvalue weighted by Gasteiger charge is 2.27. The molecule has 1 aliphatic heterocycles. The van der Waals surface area contributed by atoms with Crippen molar-refractivity contribution >= 4 is 17.3 Å². The van der Waals surface area contributed by atoms with Gasteiger partial charge in [-0.15, -0.1) is 0 Å². The molecule has 1 heterocycles. The van der Waals surface area contributed by atoms with Gasteiger partial charge in [0.1, 0.15) is 0 Å². The molecule has 3 heteroatoms. The third-order valence-corrected chi connectivity index (χ3v) is 3.90. The molecule has 0 amide bonds. The first kappa shape index (κ1) is 12.7. The zero-order chi connectivity index (χ0) is 12.4. The topological polar surface area (TPSA) is 15.3 Å². The first-order valence-electron chi connectivity index (χ1n) is 6.32. The van der Waals surface area contributed by atoms with Gasteiger partial charge in [-0.1, -0.05) is 24.6 Å². The zero-order valence-corrected chi connectivity index (χ0v) is 11.6. The summed E-state index contributed by atoms with van der Waals surface area (Å²) in [6, 6.07) is 6.82. The van der Waals surface area contributed by atoms with Crippen molar-refractivity contribution in [1.82, 2.24) is 5.32 Å². The van der Waals surface area contributed by atoms with E-state index in [-0.39, 0.29) is 0 Å². The predicted octanol–water partition coefficient (Wildman–Crippen LogP) is 3.29. The number of benzene rings is 1. The van der Waals surface area contributed by atoms with Crippen LogP contribution in [-0.2, 0) is 6.54 Å². The fourth-order valence-corrected chi connectivity index (χ4v) is 3.04. The maximum Gasteiger partial charge on any atom is 0.0471 e. The van der Waals surface area contributed by atoms with Gasteiger partial charge in [-0.05, 0) is 38.4 Å². The molecule has 1 fully saturated rings. The highest BCUT2D eigenvalue weighted by atomic mass is 35.5. The summed E-state index contributed by atoms with van der Waals surface area (Å²) >= 11 is 6.30. The predicted molar refractivity (Wildman–Crippen MR) is 74.8 cm³/mol. The molecule has 2 rings (SSSR count). The van der Waals surface area contributed by atoms with E-state index in [4.69, 9.17) is 11.6 Å². The highest BCUT2D eigenvalue weighted by molar-refractivity contribution is 6.31. The Morgan fingerprint density at radius 2 is 2.18 bits per heavy atom. The first-order valence-corrected chi connectivity index (χ1v) is 6.70. The van der Waals surface area contributed by atoms with Gasteiger partial charge >= 0.3 is 0 Å². The van der Waals surface area contributed by atoms with Gasteiger partial charge in [-0.25, -0.2) is 0 Å². The van der Waals surface area contributed by atoms with Crippen LogP contribution in [0.3, 0.4) is 0 Å². The van der Waals surface area contributed by atoms with Gasteiger partial charge in [0.05, 0.1) is 0 Å². The molecule has 0 spiro atoms. The molecule has 2 atom stereocenters. The first-order chi connectivity index (χ1) is 8.13. The Kier molecular flexibility index (Phi) is 3.95. The van der Waals surface area contributed by atoms with Crippen molar-refractivity contribution in [3.05, 3.63) is 28.8 Å². The number of nitrogens with one attached hydrogen (secondary N) is 1. The summed E-state index contributed by atoms with van der Waals surface area (Å²) in [6.45, 7) is 6.58. The Balaban J connectivity index is 2.34. The van der Waals surface area contributed by atoms with Crippen LogP contribution in [0.25, 0.3) is 0 Å². The van der Waals surface area contributed by atoms with Crippen molar-refractivity contribution in [1.29, 1.82) is 0 Å². The van der Waals surface area contributed by atoms with Crippen molar-refractivity contribution in [2.75, 3.05) is 18.5 Å². The number of hydrogen-bond acceptors (Lipinski definition) is 2. The Morgan fingerprint density at radius 3 is 2.76 bits per heavy atom. The smallest absolute Gasteiger partial charge is 0.0471 e. The van der Waals surface area contributed by atoms with Gasteiger partial charge in [0.25, 0.3) is 0 Å². The minimum Gasteiger partial charge on any atom is -0.368 e. The van der Waals surface area contributed by atoms with E-state index in [1.807, 2.05) is 19.2 Å². The van der Waals surface area contributed by atoms with E-state index in [0.717, 1.165) is 24.0 Å². The molecule has 1 N–H and O–H groups in total. The molecule has 0 aliphatic carbocycles. The van der Waals surface area contributed by atoms with E-state index in [1.54, 1.807) is 0 Å². The average Bonchev–Trinajstić information content (AvgIpc) is 2.61. The summed E-state index contributed by atoms with van der Waals surface area (Å²) in [6.07, 6.45) is 1.27. The third kappa shape index (κ3) is 2.58. The largest absolute Gasteiger partial charge is 0.368 e. The second-order valence-corrected chi connectivity index (χ2v) is 5.52. The fraction of sp³-hybridized carbons (Fsp3) is 0.571. The summed E-state index contributed by atoms with van der Waals surface area (Å²) < 4.78 is 0. The van der Waals surface area contributed by atoms with Crippen molar-refractivity contribution in [3.8, 4) is 0 Å². The van der Waals surface area contributed by atoms with Crippen molar-refractivity contribution < 1.29 is 0 Å². The van der Waals surface area contributed by atoms with Crippen LogP contribution in [0, 0.1) is 5.92 Å². The van der Waals surface area contributed by atoms with Crippen molar-refractivity contribution in [2.45, 2.75) is 32.9 Å². The van der Waals surface area contributed by atoms with Gasteiger partial charge in [0, 0.05) is 35.4 Å². The molecule has 2 unspecified atom stereocenters. The molecule has 0 radical (unpaired) electrons. The second kappa shape index (κ2) is 5.28. The molecule has 0 bridgehead atoms. The zero-order valence-electron chi connectivity index (χ0n) is 10.8. The number of halogens is 1. The van der Waals surface area contributed by atoms with Gasteiger partial charge in [0.15, 0.2) is 0 Å². The molecule has 1 aliphatic rings. The highest BCUT2D eigenvalue weighted by Crippen LogP contribution is 2.34. The lowest BCUT2D eigenvalue weighted by Crippen LogP contribution is -2.28. The van der Waals surface area contributed by atoms with Gasteiger partial charge < -0.3 is 10.2 Å². The standard InChI is InChI=1S/C14H21ClN2/c1-10-7-11(2)17(9-10)14-6-4-5-13(15)12(14)8-16-3/h4-6,10-11,16H,7-9H2,1-3H3. The SMILES string of the molecule is CNCc1c(Cl)cccc1N1CC(C)CC1C. The summed E-state index contributed by atoms with van der Waals surface area (Å²) in [5, 5.41) is 4.07. The molecule has 1 aromatic rings. The summed E-state index contributed by atoms with van der Waals surface area (Å²) in [4.78, 5) is 2.49. The van der Waals surface area contributed by atoms with Crippen LogP contribution in [0.4, 0.5) is 5.69 Å². The summed E-state index contributed by atoms with van der Waals surface area (Å²) in [7, 11) is 1.96. The van der Waals surface area contributed by atoms with E-state index >= 15 is 0 Å². The van der Waals surface area contributed by atoms with Gasteiger partial charge in [-0.3, -0.25) is 0 Å². The minimum atomic E-state index is 0.610. The summed E-state index contributed by atoms with van der Waals surface area (Å²) in [5.41, 5.74) is 2.52. The molecule has 0 saturated carbocycles. The third-order valence-electron chi connectivity index (χ3n) is 3.54. The van der Waals surface area contributed by atoms with Crippen LogP contribution in [0.5, 0.6) is 0 Å². The van der Waals surface area contributed by atoms with Crippen molar-refractivity contribution in [2.24, 2.45) is 5.92 Å². The minimum absolute atomic E-state index is 0.610. The van der Waals surface area contributed by atoms with Crippen LogP contribution < -0.4 is 10.2 Å². The maximum atomic E-state index is 6.30. The van der Waals surface area contributed by atoms with E-state index in [1.165, 1.54) is 17.7 Å². The quantitative estimate of drug-likeness (QED) is 0.888. The number of anilines is 1. The van der Waals surface area contributed by atoms with Crippen LogP contribution >= 0.6 is 11.6 Å². The normalized spacial score (nSPS) is 24.4. The Morgan fingerprint density at radius 1 is 1.41 bits per heavy atom. The van der Waals surface area contributed by atoms with E-state index in [0.29, 0.717) is 6.04 Å². The second-order valence-electron chi connectivity index (χ2n) is 5.11. The van der Waals surface area contributed by atoms with Crippen LogP contribution in [0.1, 0.15) is 25.8 Å². The number of hydrogen-bond donors (Lipinski definition) is 1. The number of nitrogens with zero attached hydrogens (tertiary/aromatic N) is 1. The molecule has 1 aromatic carbocycles. The molecule has 17 heavy (non-hydrogen) atoms. The van der Waals surface area contributed by atoms with Crippen LogP contribution in [0.15, 0.2) is 18.2 Å². The summed E-state index contributed by atoms with van der Waals surface area (Å²) in [5.74, 6) is 0.770. The van der Waals surface area contributed by atoms with E-state index < -0.39 is 0 Å². The van der Waals surface area contributed by atoms with E-state index in [2.05, 4.69) is 30.1 Å². The fourth-order valence-electron chi connectivity index (χ4n) is 2.80.